The average Bonchev–Trinajstić information content (AvgIpc) is 2.36. The van der Waals surface area contributed by atoms with E-state index in [-0.39, 0.29) is 12.4 Å². The highest BCUT2D eigenvalue weighted by atomic mass is 16.5. The van der Waals surface area contributed by atoms with Crippen LogP contribution in [0, 0.1) is 0 Å². The fourth-order valence-corrected chi connectivity index (χ4v) is 1.32. The molecule has 1 heterocycles. The van der Waals surface area contributed by atoms with Gasteiger partial charge in [0, 0.05) is 18.9 Å². The number of ketones is 1. The maximum Gasteiger partial charge on any atom is 0.183 e. The van der Waals surface area contributed by atoms with Crippen molar-refractivity contribution in [1.82, 2.24) is 4.98 Å². The first-order valence-corrected chi connectivity index (χ1v) is 5.55. The minimum Gasteiger partial charge on any atom is -0.492 e. The van der Waals surface area contributed by atoms with Crippen LogP contribution in [-0.4, -0.2) is 37.1 Å². The van der Waals surface area contributed by atoms with Crippen LogP contribution in [-0.2, 0) is 4.74 Å². The number of hydrogen-bond donors (Lipinski definition) is 1. The Balaban J connectivity index is 2.73. The van der Waals surface area contributed by atoms with Gasteiger partial charge in [-0.1, -0.05) is 6.92 Å². The molecule has 0 aliphatic carbocycles. The Labute approximate surface area is 101 Å². The van der Waals surface area contributed by atoms with Crippen LogP contribution in [0.15, 0.2) is 18.5 Å². The van der Waals surface area contributed by atoms with E-state index in [2.05, 4.69) is 4.98 Å². The zero-order valence-electron chi connectivity index (χ0n) is 10.2. The molecule has 1 aromatic rings. The van der Waals surface area contributed by atoms with Gasteiger partial charge in [0.1, 0.15) is 5.75 Å². The quantitative estimate of drug-likeness (QED) is 0.718. The average molecular weight is 238 g/mol. The number of nitrogens with two attached hydrogens (primary N) is 1. The minimum absolute atomic E-state index is 0.193. The Morgan fingerprint density at radius 1 is 1.53 bits per heavy atom. The van der Waals surface area contributed by atoms with Gasteiger partial charge in [0.05, 0.1) is 25.5 Å². The molecule has 1 rings (SSSR count). The van der Waals surface area contributed by atoms with Crippen LogP contribution in [0.3, 0.4) is 0 Å². The number of rotatable bonds is 7. The molecule has 0 aromatic carbocycles. The molecular formula is C12H18N2O3. The normalized spacial score (nSPS) is 12.2. The van der Waals surface area contributed by atoms with Gasteiger partial charge in [-0.05, 0) is 12.5 Å². The van der Waals surface area contributed by atoms with E-state index in [1.807, 2.05) is 6.92 Å². The number of pyridine rings is 1. The van der Waals surface area contributed by atoms with Gasteiger partial charge in [0.2, 0.25) is 0 Å². The molecule has 1 atom stereocenters. The van der Waals surface area contributed by atoms with Crippen molar-refractivity contribution in [2.45, 2.75) is 19.4 Å². The molecule has 0 spiro atoms. The highest BCUT2D eigenvalue weighted by Crippen LogP contribution is 2.12. The van der Waals surface area contributed by atoms with E-state index in [4.69, 9.17) is 15.2 Å². The molecule has 94 valence electrons. The van der Waals surface area contributed by atoms with E-state index in [0.717, 1.165) is 6.42 Å². The Bertz CT molecular complexity index is 369. The van der Waals surface area contributed by atoms with Crippen LogP contribution in [0.1, 0.15) is 23.7 Å². The third kappa shape index (κ3) is 4.13. The monoisotopic (exact) mass is 238 g/mol. The number of ether oxygens (including phenoxy) is 2. The SMILES string of the molecule is CCCOc1cncc(C(=O)C(N)COC)c1. The summed E-state index contributed by atoms with van der Waals surface area (Å²) in [4.78, 5) is 15.8. The second-order valence-electron chi connectivity index (χ2n) is 3.68. The minimum atomic E-state index is -0.664. The fraction of sp³-hybridized carbons (Fsp3) is 0.500. The number of carbonyl (C=O) groups is 1. The predicted molar refractivity (Wildman–Crippen MR) is 64.2 cm³/mol. The van der Waals surface area contributed by atoms with E-state index in [9.17, 15) is 4.79 Å². The lowest BCUT2D eigenvalue weighted by Gasteiger charge is -2.10. The molecule has 0 saturated heterocycles. The van der Waals surface area contributed by atoms with Gasteiger partial charge in [0.25, 0.3) is 0 Å². The van der Waals surface area contributed by atoms with Gasteiger partial charge in [-0.25, -0.2) is 0 Å². The highest BCUT2D eigenvalue weighted by Gasteiger charge is 2.16. The van der Waals surface area contributed by atoms with Crippen LogP contribution in [0.25, 0.3) is 0 Å². The number of nitrogens with zero attached hydrogens (tertiary/aromatic N) is 1. The third-order valence-electron chi connectivity index (χ3n) is 2.15. The molecule has 0 bridgehead atoms. The first-order chi connectivity index (χ1) is 8.19. The Hall–Kier alpha value is -1.46. The lowest BCUT2D eigenvalue weighted by Crippen LogP contribution is -2.34. The largest absolute Gasteiger partial charge is 0.492 e. The van der Waals surface area contributed by atoms with Gasteiger partial charge in [-0.15, -0.1) is 0 Å². The van der Waals surface area contributed by atoms with Gasteiger partial charge in [-0.2, -0.15) is 0 Å². The maximum atomic E-state index is 11.9. The lowest BCUT2D eigenvalue weighted by molar-refractivity contribution is 0.0891. The number of Topliss-reactive ketones (excluding diaryl/α,β-unsaturated/α-hetero) is 1. The topological polar surface area (TPSA) is 74.4 Å². The molecule has 1 unspecified atom stereocenters. The predicted octanol–water partition coefficient (Wildman–Crippen LogP) is 1.03. The van der Waals surface area contributed by atoms with Crippen LogP contribution in [0.5, 0.6) is 5.75 Å². The molecular weight excluding hydrogens is 220 g/mol. The molecule has 1 aromatic heterocycles. The molecule has 0 radical (unpaired) electrons. The number of carbonyl (C=O) groups excluding carboxylic acids is 1. The second-order valence-corrected chi connectivity index (χ2v) is 3.68. The molecule has 0 amide bonds. The molecule has 0 fully saturated rings. The summed E-state index contributed by atoms with van der Waals surface area (Å²) in [6.07, 6.45) is 3.96. The van der Waals surface area contributed by atoms with Crippen LogP contribution < -0.4 is 10.5 Å². The van der Waals surface area contributed by atoms with E-state index in [0.29, 0.717) is 17.9 Å². The van der Waals surface area contributed by atoms with E-state index in [1.54, 1.807) is 12.3 Å². The van der Waals surface area contributed by atoms with Gasteiger partial charge < -0.3 is 15.2 Å². The summed E-state index contributed by atoms with van der Waals surface area (Å²) in [7, 11) is 1.51. The second kappa shape index (κ2) is 6.98. The summed E-state index contributed by atoms with van der Waals surface area (Å²) < 4.78 is 10.2. The smallest absolute Gasteiger partial charge is 0.183 e. The van der Waals surface area contributed by atoms with Gasteiger partial charge in [0.15, 0.2) is 5.78 Å². The highest BCUT2D eigenvalue weighted by molar-refractivity contribution is 6.00. The van der Waals surface area contributed by atoms with E-state index >= 15 is 0 Å². The Morgan fingerprint density at radius 2 is 2.29 bits per heavy atom. The molecule has 0 saturated carbocycles. The standard InChI is InChI=1S/C12H18N2O3/c1-3-4-17-10-5-9(6-14-7-10)12(15)11(13)8-16-2/h5-7,11H,3-4,8,13H2,1-2H3. The number of aromatic nitrogens is 1. The zero-order chi connectivity index (χ0) is 12.7. The Kier molecular flexibility index (Phi) is 5.59. The van der Waals surface area contributed by atoms with Crippen molar-refractivity contribution >= 4 is 5.78 Å². The molecule has 5 heteroatoms. The Morgan fingerprint density at radius 3 is 2.94 bits per heavy atom. The molecule has 17 heavy (non-hydrogen) atoms. The number of hydrogen-bond acceptors (Lipinski definition) is 5. The van der Waals surface area contributed by atoms with Crippen LogP contribution >= 0.6 is 0 Å². The summed E-state index contributed by atoms with van der Waals surface area (Å²) in [5, 5.41) is 0. The summed E-state index contributed by atoms with van der Waals surface area (Å²) in [6.45, 7) is 2.80. The van der Waals surface area contributed by atoms with Crippen molar-refractivity contribution < 1.29 is 14.3 Å². The first kappa shape index (κ1) is 13.6. The summed E-state index contributed by atoms with van der Waals surface area (Å²) in [6, 6.07) is 0.990. The van der Waals surface area contributed by atoms with Gasteiger partial charge >= 0.3 is 0 Å². The van der Waals surface area contributed by atoms with E-state index < -0.39 is 6.04 Å². The van der Waals surface area contributed by atoms with Crippen molar-refractivity contribution in [2.75, 3.05) is 20.3 Å². The van der Waals surface area contributed by atoms with Crippen LogP contribution in [0.4, 0.5) is 0 Å². The molecule has 2 N–H and O–H groups in total. The molecule has 0 aliphatic heterocycles. The maximum absolute atomic E-state index is 11.9. The summed E-state index contributed by atoms with van der Waals surface area (Å²) in [5.74, 6) is 0.392. The van der Waals surface area contributed by atoms with Crippen molar-refractivity contribution in [3.8, 4) is 5.75 Å². The fourth-order valence-electron chi connectivity index (χ4n) is 1.32. The van der Waals surface area contributed by atoms with Crippen molar-refractivity contribution in [1.29, 1.82) is 0 Å². The summed E-state index contributed by atoms with van der Waals surface area (Å²) >= 11 is 0. The lowest BCUT2D eigenvalue weighted by atomic mass is 10.1. The van der Waals surface area contributed by atoms with Crippen molar-refractivity contribution in [3.05, 3.63) is 24.0 Å². The van der Waals surface area contributed by atoms with Crippen molar-refractivity contribution in [3.63, 3.8) is 0 Å². The van der Waals surface area contributed by atoms with Crippen molar-refractivity contribution in [2.24, 2.45) is 5.73 Å². The summed E-state index contributed by atoms with van der Waals surface area (Å²) in [5.41, 5.74) is 6.11. The zero-order valence-corrected chi connectivity index (χ0v) is 10.2. The third-order valence-corrected chi connectivity index (χ3v) is 2.15. The van der Waals surface area contributed by atoms with Gasteiger partial charge in [-0.3, -0.25) is 9.78 Å². The number of methoxy groups -OCH3 is 1. The molecule has 5 nitrogen and oxygen atoms in total. The van der Waals surface area contributed by atoms with E-state index in [1.165, 1.54) is 13.3 Å². The van der Waals surface area contributed by atoms with Crippen LogP contribution in [0.2, 0.25) is 0 Å². The molecule has 0 aliphatic rings. The first-order valence-electron chi connectivity index (χ1n) is 5.55.